The third kappa shape index (κ3) is 8.21. The number of halogens is 1. The van der Waals surface area contributed by atoms with Crippen molar-refractivity contribution >= 4 is 35.8 Å². The summed E-state index contributed by atoms with van der Waals surface area (Å²) in [5.41, 5.74) is 7.43. The summed E-state index contributed by atoms with van der Waals surface area (Å²) < 4.78 is 0. The molecule has 22 heavy (non-hydrogen) atoms. The number of benzene rings is 1. The molecule has 6 heteroatoms. The van der Waals surface area contributed by atoms with Crippen LogP contribution in [-0.2, 0) is 6.54 Å². The van der Waals surface area contributed by atoms with Crippen LogP contribution in [0.3, 0.4) is 0 Å². The fourth-order valence-electron chi connectivity index (χ4n) is 1.73. The van der Waals surface area contributed by atoms with Crippen LogP contribution in [0.4, 0.5) is 0 Å². The first-order valence-corrected chi connectivity index (χ1v) is 7.58. The van der Waals surface area contributed by atoms with Crippen LogP contribution in [0.1, 0.15) is 49.0 Å². The number of guanidine groups is 1. The molecular formula is C16H27IN4O. The molecule has 1 amide bonds. The Morgan fingerprint density at radius 1 is 1.09 bits per heavy atom. The second-order valence-corrected chi connectivity index (χ2v) is 4.93. The molecule has 5 nitrogen and oxygen atoms in total. The predicted octanol–water partition coefficient (Wildman–Crippen LogP) is 2.65. The van der Waals surface area contributed by atoms with Crippen molar-refractivity contribution in [3.8, 4) is 0 Å². The van der Waals surface area contributed by atoms with Crippen LogP contribution in [0.25, 0.3) is 0 Å². The van der Waals surface area contributed by atoms with E-state index in [1.807, 2.05) is 24.3 Å². The molecule has 0 radical (unpaired) electrons. The average molecular weight is 418 g/mol. The highest BCUT2D eigenvalue weighted by Gasteiger charge is 2.04. The Morgan fingerprint density at radius 2 is 1.77 bits per heavy atom. The fourth-order valence-corrected chi connectivity index (χ4v) is 1.73. The molecule has 0 aliphatic carbocycles. The van der Waals surface area contributed by atoms with Crippen molar-refractivity contribution in [2.24, 2.45) is 10.7 Å². The molecule has 0 bridgehead atoms. The standard InChI is InChI=1S/C16H26N4O.HI/c1-3-5-11-18-15(21)14-8-6-13(7-9-14)12-20-16(17)19-10-4-2;/h6-9H,3-5,10-12H2,1-2H3,(H,18,21)(H3,17,19,20);1H. The molecule has 0 unspecified atom stereocenters. The van der Waals surface area contributed by atoms with E-state index in [0.29, 0.717) is 18.1 Å². The van der Waals surface area contributed by atoms with Gasteiger partial charge in [0.25, 0.3) is 5.91 Å². The number of hydrogen-bond donors (Lipinski definition) is 3. The molecule has 0 fully saturated rings. The SMILES string of the molecule is CCCCNC(=O)c1ccc(CN=C(N)NCCC)cc1.I. The van der Waals surface area contributed by atoms with Crippen molar-refractivity contribution < 1.29 is 4.79 Å². The number of rotatable bonds is 8. The molecule has 1 rings (SSSR count). The number of amides is 1. The monoisotopic (exact) mass is 418 g/mol. The first-order valence-electron chi connectivity index (χ1n) is 7.58. The third-order valence-electron chi connectivity index (χ3n) is 3.02. The molecule has 0 aliphatic heterocycles. The summed E-state index contributed by atoms with van der Waals surface area (Å²) >= 11 is 0. The van der Waals surface area contributed by atoms with E-state index < -0.39 is 0 Å². The van der Waals surface area contributed by atoms with E-state index in [9.17, 15) is 4.79 Å². The normalized spacial score (nSPS) is 10.7. The highest BCUT2D eigenvalue weighted by Crippen LogP contribution is 2.06. The van der Waals surface area contributed by atoms with Crippen molar-refractivity contribution in [2.45, 2.75) is 39.7 Å². The van der Waals surface area contributed by atoms with Crippen molar-refractivity contribution in [1.29, 1.82) is 0 Å². The Bertz CT molecular complexity index is 460. The molecule has 1 aromatic carbocycles. The number of nitrogens with two attached hydrogens (primary N) is 1. The Hall–Kier alpha value is -1.31. The quantitative estimate of drug-likeness (QED) is 0.263. The second kappa shape index (κ2) is 12.3. The number of nitrogens with zero attached hydrogens (tertiary/aromatic N) is 1. The van der Waals surface area contributed by atoms with Gasteiger partial charge in [-0.3, -0.25) is 4.79 Å². The minimum atomic E-state index is -0.0253. The van der Waals surface area contributed by atoms with Gasteiger partial charge in [-0.1, -0.05) is 32.4 Å². The molecule has 0 heterocycles. The second-order valence-electron chi connectivity index (χ2n) is 4.93. The zero-order valence-corrected chi connectivity index (χ0v) is 15.7. The largest absolute Gasteiger partial charge is 0.370 e. The zero-order chi connectivity index (χ0) is 15.5. The van der Waals surface area contributed by atoms with Gasteiger partial charge in [0.1, 0.15) is 0 Å². The first-order chi connectivity index (χ1) is 10.2. The summed E-state index contributed by atoms with van der Waals surface area (Å²) in [6.07, 6.45) is 3.09. The van der Waals surface area contributed by atoms with Gasteiger partial charge in [-0.15, -0.1) is 24.0 Å². The van der Waals surface area contributed by atoms with Gasteiger partial charge in [0.2, 0.25) is 0 Å². The van der Waals surface area contributed by atoms with Gasteiger partial charge < -0.3 is 16.4 Å². The summed E-state index contributed by atoms with van der Waals surface area (Å²) in [5, 5.41) is 5.92. The fraction of sp³-hybridized carbons (Fsp3) is 0.500. The van der Waals surface area contributed by atoms with Gasteiger partial charge in [0.15, 0.2) is 5.96 Å². The number of aliphatic imine (C=N–C) groups is 1. The maximum Gasteiger partial charge on any atom is 0.251 e. The summed E-state index contributed by atoms with van der Waals surface area (Å²) in [5.74, 6) is 0.431. The minimum Gasteiger partial charge on any atom is -0.370 e. The molecule has 0 spiro atoms. The van der Waals surface area contributed by atoms with E-state index in [4.69, 9.17) is 5.73 Å². The van der Waals surface area contributed by atoms with Gasteiger partial charge in [0, 0.05) is 18.7 Å². The molecule has 124 valence electrons. The average Bonchev–Trinajstić information content (AvgIpc) is 2.51. The molecular weight excluding hydrogens is 391 g/mol. The Labute approximate surface area is 150 Å². The lowest BCUT2D eigenvalue weighted by Crippen LogP contribution is -2.32. The molecule has 0 saturated heterocycles. The number of carbonyl (C=O) groups is 1. The van der Waals surface area contributed by atoms with Crippen molar-refractivity contribution in [1.82, 2.24) is 10.6 Å². The van der Waals surface area contributed by atoms with E-state index in [-0.39, 0.29) is 29.9 Å². The van der Waals surface area contributed by atoms with Gasteiger partial charge >= 0.3 is 0 Å². The molecule has 1 aromatic rings. The smallest absolute Gasteiger partial charge is 0.251 e. The zero-order valence-electron chi connectivity index (χ0n) is 13.4. The van der Waals surface area contributed by atoms with E-state index in [1.165, 1.54) is 0 Å². The lowest BCUT2D eigenvalue weighted by Gasteiger charge is -2.06. The van der Waals surface area contributed by atoms with Crippen LogP contribution in [0, 0.1) is 0 Å². The number of unbranched alkanes of at least 4 members (excludes halogenated alkanes) is 1. The number of carbonyl (C=O) groups excluding carboxylic acids is 1. The van der Waals surface area contributed by atoms with Crippen LogP contribution in [0.2, 0.25) is 0 Å². The van der Waals surface area contributed by atoms with E-state index in [0.717, 1.165) is 37.9 Å². The van der Waals surface area contributed by atoms with Gasteiger partial charge in [-0.05, 0) is 30.5 Å². The Kier molecular flexibility index (Phi) is 11.5. The third-order valence-corrected chi connectivity index (χ3v) is 3.02. The van der Waals surface area contributed by atoms with Crippen LogP contribution < -0.4 is 16.4 Å². The number of hydrogen-bond acceptors (Lipinski definition) is 2. The highest BCUT2D eigenvalue weighted by molar-refractivity contribution is 14.0. The topological polar surface area (TPSA) is 79.5 Å². The molecule has 4 N–H and O–H groups in total. The van der Waals surface area contributed by atoms with Crippen LogP contribution in [-0.4, -0.2) is 25.0 Å². The van der Waals surface area contributed by atoms with E-state index in [2.05, 4.69) is 29.5 Å². The molecule has 0 atom stereocenters. The van der Waals surface area contributed by atoms with Gasteiger partial charge in [0.05, 0.1) is 6.54 Å². The van der Waals surface area contributed by atoms with E-state index in [1.54, 1.807) is 0 Å². The minimum absolute atomic E-state index is 0. The summed E-state index contributed by atoms with van der Waals surface area (Å²) in [7, 11) is 0. The number of nitrogens with one attached hydrogen (secondary N) is 2. The first kappa shape index (κ1) is 20.7. The highest BCUT2D eigenvalue weighted by atomic mass is 127. The van der Waals surface area contributed by atoms with Gasteiger partial charge in [-0.25, -0.2) is 4.99 Å². The van der Waals surface area contributed by atoms with Gasteiger partial charge in [-0.2, -0.15) is 0 Å². The lowest BCUT2D eigenvalue weighted by molar-refractivity contribution is 0.0953. The Balaban J connectivity index is 0.00000441. The van der Waals surface area contributed by atoms with Crippen LogP contribution in [0.15, 0.2) is 29.3 Å². The molecule has 0 aliphatic rings. The molecule has 0 aromatic heterocycles. The maximum absolute atomic E-state index is 11.8. The van der Waals surface area contributed by atoms with Crippen LogP contribution in [0.5, 0.6) is 0 Å². The van der Waals surface area contributed by atoms with Crippen LogP contribution >= 0.6 is 24.0 Å². The van der Waals surface area contributed by atoms with Crippen molar-refractivity contribution in [3.05, 3.63) is 35.4 Å². The summed E-state index contributed by atoms with van der Waals surface area (Å²) in [4.78, 5) is 16.1. The van der Waals surface area contributed by atoms with Crippen molar-refractivity contribution in [2.75, 3.05) is 13.1 Å². The maximum atomic E-state index is 11.8. The Morgan fingerprint density at radius 3 is 2.36 bits per heavy atom. The summed E-state index contributed by atoms with van der Waals surface area (Å²) in [6.45, 7) is 6.24. The predicted molar refractivity (Wildman–Crippen MR) is 103 cm³/mol. The lowest BCUT2D eigenvalue weighted by atomic mass is 10.1. The van der Waals surface area contributed by atoms with Crippen molar-refractivity contribution in [3.63, 3.8) is 0 Å². The summed E-state index contributed by atoms with van der Waals surface area (Å²) in [6, 6.07) is 7.46. The van der Waals surface area contributed by atoms with E-state index >= 15 is 0 Å². The molecule has 0 saturated carbocycles.